The van der Waals surface area contributed by atoms with Gasteiger partial charge in [0.2, 0.25) is 0 Å². The van der Waals surface area contributed by atoms with E-state index in [9.17, 15) is 0 Å². The molecule has 0 saturated heterocycles. The summed E-state index contributed by atoms with van der Waals surface area (Å²) < 4.78 is 10.9. The number of hydrogen-bond donors (Lipinski definition) is 1. The molecule has 0 aliphatic heterocycles. The summed E-state index contributed by atoms with van der Waals surface area (Å²) >= 11 is 6.08. The van der Waals surface area contributed by atoms with Gasteiger partial charge in [0.1, 0.15) is 12.0 Å². The summed E-state index contributed by atoms with van der Waals surface area (Å²) in [5.41, 5.74) is 1.91. The van der Waals surface area contributed by atoms with Gasteiger partial charge in [-0.15, -0.1) is 0 Å². The molecule has 1 aliphatic carbocycles. The zero-order valence-electron chi connectivity index (χ0n) is 11.4. The van der Waals surface area contributed by atoms with Gasteiger partial charge < -0.3 is 14.5 Å². The molecule has 1 N–H and O–H groups in total. The molecule has 106 valence electrons. The van der Waals surface area contributed by atoms with Crippen LogP contribution in [0.25, 0.3) is 0 Å². The lowest BCUT2D eigenvalue weighted by Gasteiger charge is -2.04. The average Bonchev–Trinajstić information content (AvgIpc) is 3.18. The minimum absolute atomic E-state index is 0.266. The Balaban J connectivity index is 1.64. The molecule has 3 rings (SSSR count). The first-order valence-corrected chi connectivity index (χ1v) is 7.26. The zero-order valence-corrected chi connectivity index (χ0v) is 12.1. The van der Waals surface area contributed by atoms with Crippen LogP contribution in [0, 0.1) is 0 Å². The fourth-order valence-electron chi connectivity index (χ4n) is 1.94. The van der Waals surface area contributed by atoms with Crippen molar-refractivity contribution in [1.29, 1.82) is 0 Å². The van der Waals surface area contributed by atoms with E-state index >= 15 is 0 Å². The van der Waals surface area contributed by atoms with Crippen LogP contribution < -0.4 is 10.1 Å². The van der Waals surface area contributed by atoms with Crippen molar-refractivity contribution in [2.75, 3.05) is 0 Å². The lowest BCUT2D eigenvalue weighted by Crippen LogP contribution is -2.15. The van der Waals surface area contributed by atoms with Crippen molar-refractivity contribution in [3.63, 3.8) is 0 Å². The van der Waals surface area contributed by atoms with Gasteiger partial charge in [0.25, 0.3) is 0 Å². The Morgan fingerprint density at radius 3 is 3.05 bits per heavy atom. The van der Waals surface area contributed by atoms with E-state index in [1.165, 1.54) is 12.8 Å². The third-order valence-electron chi connectivity index (χ3n) is 3.28. The Morgan fingerprint density at radius 2 is 2.30 bits per heavy atom. The zero-order chi connectivity index (χ0) is 13.9. The van der Waals surface area contributed by atoms with E-state index in [0.717, 1.165) is 29.2 Å². The number of nitrogens with one attached hydrogen (secondary N) is 1. The molecule has 1 fully saturated rings. The summed E-state index contributed by atoms with van der Waals surface area (Å²) in [5.74, 6) is 0.690. The number of benzene rings is 1. The van der Waals surface area contributed by atoms with E-state index in [-0.39, 0.29) is 6.08 Å². The fourth-order valence-corrected chi connectivity index (χ4v) is 2.19. The fraction of sp³-hybridized carbons (Fsp3) is 0.400. The minimum atomic E-state index is 0.266. The SMILES string of the molecule is CCc1cc(Oc2nc(CNC3CC3)co2)ccc1Cl. The van der Waals surface area contributed by atoms with Gasteiger partial charge >= 0.3 is 6.08 Å². The highest BCUT2D eigenvalue weighted by Gasteiger charge is 2.20. The van der Waals surface area contributed by atoms with Crippen molar-refractivity contribution in [3.05, 3.63) is 40.7 Å². The monoisotopic (exact) mass is 292 g/mol. The summed E-state index contributed by atoms with van der Waals surface area (Å²) in [5, 5.41) is 4.13. The van der Waals surface area contributed by atoms with Gasteiger partial charge in [-0.1, -0.05) is 18.5 Å². The third kappa shape index (κ3) is 3.32. The van der Waals surface area contributed by atoms with E-state index in [1.807, 2.05) is 18.2 Å². The van der Waals surface area contributed by atoms with E-state index < -0.39 is 0 Å². The highest BCUT2D eigenvalue weighted by molar-refractivity contribution is 6.31. The second-order valence-corrected chi connectivity index (χ2v) is 5.38. The smallest absolute Gasteiger partial charge is 0.399 e. The number of oxazole rings is 1. The molecule has 1 heterocycles. The van der Waals surface area contributed by atoms with Crippen molar-refractivity contribution >= 4 is 11.6 Å². The topological polar surface area (TPSA) is 47.3 Å². The molecule has 2 aromatic rings. The first-order valence-electron chi connectivity index (χ1n) is 6.88. The summed E-state index contributed by atoms with van der Waals surface area (Å²) in [4.78, 5) is 4.30. The molecule has 1 aromatic heterocycles. The predicted octanol–water partition coefficient (Wildman–Crippen LogP) is 3.93. The van der Waals surface area contributed by atoms with E-state index in [0.29, 0.717) is 11.8 Å². The Bertz CT molecular complexity index is 593. The first-order chi connectivity index (χ1) is 9.74. The first kappa shape index (κ1) is 13.5. The molecule has 0 spiro atoms. The Labute approximate surface area is 123 Å². The van der Waals surface area contributed by atoms with Gasteiger partial charge in [-0.25, -0.2) is 0 Å². The van der Waals surface area contributed by atoms with Crippen LogP contribution in [-0.4, -0.2) is 11.0 Å². The molecular formula is C15H17ClN2O2. The summed E-state index contributed by atoms with van der Waals surface area (Å²) in [6, 6.07) is 6.20. The third-order valence-corrected chi connectivity index (χ3v) is 3.65. The van der Waals surface area contributed by atoms with Gasteiger partial charge in [-0.2, -0.15) is 4.98 Å². The molecule has 0 bridgehead atoms. The van der Waals surface area contributed by atoms with Gasteiger partial charge in [-0.05, 0) is 43.0 Å². The number of hydrogen-bond acceptors (Lipinski definition) is 4. The Morgan fingerprint density at radius 1 is 1.45 bits per heavy atom. The maximum absolute atomic E-state index is 6.08. The standard InChI is InChI=1S/C15H17ClN2O2/c1-2-10-7-13(5-6-14(10)16)20-15-18-12(9-19-15)8-17-11-3-4-11/h5-7,9,11,17H,2-4,8H2,1H3. The normalized spacial score (nSPS) is 14.5. The van der Waals surface area contributed by atoms with E-state index in [1.54, 1.807) is 6.26 Å². The maximum Gasteiger partial charge on any atom is 0.399 e. The maximum atomic E-state index is 6.08. The van der Waals surface area contributed by atoms with Crippen molar-refractivity contribution in [2.24, 2.45) is 0 Å². The van der Waals surface area contributed by atoms with E-state index in [4.69, 9.17) is 20.8 Å². The lowest BCUT2D eigenvalue weighted by molar-refractivity contribution is 0.330. The largest absolute Gasteiger partial charge is 0.417 e. The van der Waals surface area contributed by atoms with Crippen LogP contribution in [-0.2, 0) is 13.0 Å². The highest BCUT2D eigenvalue weighted by Crippen LogP contribution is 2.26. The van der Waals surface area contributed by atoms with E-state index in [2.05, 4.69) is 17.2 Å². The molecule has 0 amide bonds. The lowest BCUT2D eigenvalue weighted by atomic mass is 10.2. The summed E-state index contributed by atoms with van der Waals surface area (Å²) in [6.45, 7) is 2.77. The predicted molar refractivity (Wildman–Crippen MR) is 77.3 cm³/mol. The van der Waals surface area contributed by atoms with Crippen LogP contribution in [0.4, 0.5) is 0 Å². The number of aryl methyl sites for hydroxylation is 1. The molecule has 0 atom stereocenters. The number of aromatic nitrogens is 1. The van der Waals surface area contributed by atoms with Gasteiger partial charge in [0, 0.05) is 17.6 Å². The second kappa shape index (κ2) is 5.85. The Hall–Kier alpha value is -1.52. The molecule has 5 heteroatoms. The molecule has 1 aromatic carbocycles. The van der Waals surface area contributed by atoms with Crippen molar-refractivity contribution in [1.82, 2.24) is 10.3 Å². The van der Waals surface area contributed by atoms with Gasteiger partial charge in [0.05, 0.1) is 5.69 Å². The quantitative estimate of drug-likeness (QED) is 0.876. The number of halogens is 1. The summed E-state index contributed by atoms with van der Waals surface area (Å²) in [6.07, 6.45) is 5.26. The highest BCUT2D eigenvalue weighted by atomic mass is 35.5. The molecule has 1 aliphatic rings. The molecular weight excluding hydrogens is 276 g/mol. The van der Waals surface area contributed by atoms with Crippen LogP contribution in [0.2, 0.25) is 5.02 Å². The van der Waals surface area contributed by atoms with Crippen LogP contribution in [0.15, 0.2) is 28.9 Å². The Kier molecular flexibility index (Phi) is 3.94. The molecule has 4 nitrogen and oxygen atoms in total. The van der Waals surface area contributed by atoms with Crippen LogP contribution in [0.3, 0.4) is 0 Å². The number of ether oxygens (including phenoxy) is 1. The van der Waals surface area contributed by atoms with Crippen LogP contribution in [0.5, 0.6) is 11.8 Å². The molecule has 0 radical (unpaired) electrons. The summed E-state index contributed by atoms with van der Waals surface area (Å²) in [7, 11) is 0. The van der Waals surface area contributed by atoms with Crippen molar-refractivity contribution < 1.29 is 9.15 Å². The number of rotatable bonds is 6. The average molecular weight is 293 g/mol. The van der Waals surface area contributed by atoms with Crippen molar-refractivity contribution in [2.45, 2.75) is 38.8 Å². The number of nitrogens with zero attached hydrogens (tertiary/aromatic N) is 1. The molecule has 1 saturated carbocycles. The van der Waals surface area contributed by atoms with Crippen LogP contribution >= 0.6 is 11.6 Å². The van der Waals surface area contributed by atoms with Gasteiger partial charge in [0.15, 0.2) is 0 Å². The van der Waals surface area contributed by atoms with Gasteiger partial charge in [-0.3, -0.25) is 0 Å². The van der Waals surface area contributed by atoms with Crippen LogP contribution in [0.1, 0.15) is 31.0 Å². The van der Waals surface area contributed by atoms with Crippen molar-refractivity contribution in [3.8, 4) is 11.8 Å². The molecule has 0 unspecified atom stereocenters. The molecule has 20 heavy (non-hydrogen) atoms. The minimum Gasteiger partial charge on any atom is -0.417 e. The second-order valence-electron chi connectivity index (χ2n) is 4.97.